The van der Waals surface area contributed by atoms with Crippen molar-refractivity contribution in [2.75, 3.05) is 17.4 Å². The first-order chi connectivity index (χ1) is 18.5. The number of nitrogens with one attached hydrogen (secondary N) is 1. The van der Waals surface area contributed by atoms with Crippen molar-refractivity contribution in [1.29, 1.82) is 0 Å². The largest absolute Gasteiger partial charge is 0.354 e. The van der Waals surface area contributed by atoms with E-state index in [-0.39, 0.29) is 23.0 Å². The summed E-state index contributed by atoms with van der Waals surface area (Å²) >= 11 is 9.65. The molecule has 0 fully saturated rings. The molecule has 0 aliphatic rings. The van der Waals surface area contributed by atoms with Gasteiger partial charge in [0.1, 0.15) is 12.6 Å². The number of nitrogens with zero attached hydrogens (tertiary/aromatic N) is 2. The van der Waals surface area contributed by atoms with E-state index in [1.54, 1.807) is 37.3 Å². The molecule has 0 spiro atoms. The number of rotatable bonds is 12. The number of halogens is 2. The number of unbranched alkanes of at least 4 members (excludes halogenated alkanes) is 1. The van der Waals surface area contributed by atoms with Crippen molar-refractivity contribution >= 4 is 55.1 Å². The molecule has 3 aromatic rings. The highest BCUT2D eigenvalue weighted by atomic mass is 79.9. The number of carbonyl (C=O) groups is 2. The summed E-state index contributed by atoms with van der Waals surface area (Å²) in [6.07, 6.45) is 1.73. The number of anilines is 1. The first-order valence-electron chi connectivity index (χ1n) is 12.7. The van der Waals surface area contributed by atoms with E-state index in [1.807, 2.05) is 38.1 Å². The SMILES string of the molecule is CCCCNC(=O)[C@@H](C)N(Cc1cccc(Br)c1)C(=O)CN(c1cccc(Cl)c1)S(=O)(=O)c1ccc(C)cc1. The van der Waals surface area contributed by atoms with Crippen LogP contribution in [0.1, 0.15) is 37.8 Å². The maximum atomic E-state index is 13.9. The summed E-state index contributed by atoms with van der Waals surface area (Å²) in [6, 6.07) is 19.4. The summed E-state index contributed by atoms with van der Waals surface area (Å²) < 4.78 is 29.5. The van der Waals surface area contributed by atoms with Crippen LogP contribution in [0.2, 0.25) is 5.02 Å². The van der Waals surface area contributed by atoms with Gasteiger partial charge < -0.3 is 10.2 Å². The number of benzene rings is 3. The predicted octanol–water partition coefficient (Wildman–Crippen LogP) is 5.94. The lowest BCUT2D eigenvalue weighted by molar-refractivity contribution is -0.139. The molecule has 0 unspecified atom stereocenters. The molecule has 208 valence electrons. The van der Waals surface area contributed by atoms with E-state index in [0.29, 0.717) is 11.6 Å². The van der Waals surface area contributed by atoms with E-state index in [1.165, 1.54) is 23.1 Å². The van der Waals surface area contributed by atoms with Crippen molar-refractivity contribution in [2.24, 2.45) is 0 Å². The van der Waals surface area contributed by atoms with Gasteiger partial charge in [-0.1, -0.05) is 76.8 Å². The van der Waals surface area contributed by atoms with Gasteiger partial charge in [-0.25, -0.2) is 8.42 Å². The topological polar surface area (TPSA) is 86.8 Å². The fourth-order valence-corrected chi connectivity index (χ4v) is 5.99. The maximum absolute atomic E-state index is 13.9. The zero-order valence-corrected chi connectivity index (χ0v) is 25.4. The second kappa shape index (κ2) is 14.0. The standard InChI is InChI=1S/C29H33BrClN3O4S/c1-4-5-16-32-29(36)22(3)33(19-23-8-6-9-24(30)17-23)28(35)20-34(26-11-7-10-25(31)18-26)39(37,38)27-14-12-21(2)13-15-27/h6-15,17-18,22H,4-5,16,19-20H2,1-3H3,(H,32,36)/t22-/m1/s1. The molecule has 0 aliphatic heterocycles. The molecule has 10 heteroatoms. The van der Waals surface area contributed by atoms with E-state index in [0.717, 1.165) is 32.7 Å². The van der Waals surface area contributed by atoms with Crippen LogP contribution in [0.15, 0.2) is 82.2 Å². The highest BCUT2D eigenvalue weighted by Gasteiger charge is 2.32. The van der Waals surface area contributed by atoms with E-state index in [4.69, 9.17) is 11.6 Å². The van der Waals surface area contributed by atoms with Gasteiger partial charge in [-0.05, 0) is 68.3 Å². The first-order valence-corrected chi connectivity index (χ1v) is 15.3. The molecule has 0 saturated heterocycles. The molecule has 0 radical (unpaired) electrons. The normalized spacial score (nSPS) is 12.0. The Morgan fingerprint density at radius 2 is 1.72 bits per heavy atom. The Balaban J connectivity index is 2.00. The molecule has 0 bridgehead atoms. The number of hydrogen-bond acceptors (Lipinski definition) is 4. The minimum Gasteiger partial charge on any atom is -0.354 e. The van der Waals surface area contributed by atoms with E-state index < -0.39 is 28.5 Å². The van der Waals surface area contributed by atoms with Crippen LogP contribution >= 0.6 is 27.5 Å². The Morgan fingerprint density at radius 1 is 1.03 bits per heavy atom. The van der Waals surface area contributed by atoms with Gasteiger partial charge in [-0.3, -0.25) is 13.9 Å². The molecular weight excluding hydrogens is 602 g/mol. The van der Waals surface area contributed by atoms with Crippen molar-refractivity contribution in [1.82, 2.24) is 10.2 Å². The lowest BCUT2D eigenvalue weighted by Crippen LogP contribution is -2.51. The number of carbonyl (C=O) groups excluding carboxylic acids is 2. The molecular formula is C29H33BrClN3O4S. The maximum Gasteiger partial charge on any atom is 0.264 e. The van der Waals surface area contributed by atoms with Crippen LogP contribution in [0.5, 0.6) is 0 Å². The third-order valence-corrected chi connectivity index (χ3v) is 8.74. The van der Waals surface area contributed by atoms with Crippen LogP contribution < -0.4 is 9.62 Å². The van der Waals surface area contributed by atoms with Crippen LogP contribution in [0.3, 0.4) is 0 Å². The third-order valence-electron chi connectivity index (χ3n) is 6.22. The Morgan fingerprint density at radius 3 is 2.36 bits per heavy atom. The minimum atomic E-state index is -4.14. The van der Waals surface area contributed by atoms with Crippen LogP contribution in [0.25, 0.3) is 0 Å². The number of hydrogen-bond donors (Lipinski definition) is 1. The summed E-state index contributed by atoms with van der Waals surface area (Å²) in [7, 11) is -4.14. The Kier molecular flexibility index (Phi) is 11.0. The monoisotopic (exact) mass is 633 g/mol. The number of aryl methyl sites for hydroxylation is 1. The molecule has 3 rings (SSSR count). The molecule has 1 N–H and O–H groups in total. The van der Waals surface area contributed by atoms with Gasteiger partial charge in [-0.15, -0.1) is 0 Å². The Labute approximate surface area is 244 Å². The van der Waals surface area contributed by atoms with Crippen LogP contribution in [0, 0.1) is 6.92 Å². The van der Waals surface area contributed by atoms with Crippen molar-refractivity contribution in [3.63, 3.8) is 0 Å². The van der Waals surface area contributed by atoms with E-state index in [2.05, 4.69) is 21.2 Å². The molecule has 1 atom stereocenters. The highest BCUT2D eigenvalue weighted by Crippen LogP contribution is 2.27. The van der Waals surface area contributed by atoms with Gasteiger partial charge in [-0.2, -0.15) is 0 Å². The fraction of sp³-hybridized carbons (Fsp3) is 0.310. The number of sulfonamides is 1. The zero-order chi connectivity index (χ0) is 28.6. The number of amides is 2. The molecule has 0 saturated carbocycles. The second-order valence-corrected chi connectivity index (χ2v) is 12.5. The summed E-state index contributed by atoms with van der Waals surface area (Å²) in [4.78, 5) is 28.4. The first kappa shape index (κ1) is 30.7. The molecule has 0 aromatic heterocycles. The molecule has 39 heavy (non-hydrogen) atoms. The van der Waals surface area contributed by atoms with Crippen molar-refractivity contribution in [3.8, 4) is 0 Å². The molecule has 7 nitrogen and oxygen atoms in total. The van der Waals surface area contributed by atoms with Gasteiger partial charge in [0, 0.05) is 22.6 Å². The van der Waals surface area contributed by atoms with Gasteiger partial charge in [0.25, 0.3) is 10.0 Å². The van der Waals surface area contributed by atoms with Gasteiger partial charge >= 0.3 is 0 Å². The summed E-state index contributed by atoms with van der Waals surface area (Å²) in [5, 5.41) is 3.21. The lowest BCUT2D eigenvalue weighted by Gasteiger charge is -2.32. The van der Waals surface area contributed by atoms with Crippen molar-refractivity contribution in [3.05, 3.63) is 93.4 Å². The molecule has 0 aliphatic carbocycles. The van der Waals surface area contributed by atoms with E-state index in [9.17, 15) is 18.0 Å². The highest BCUT2D eigenvalue weighted by molar-refractivity contribution is 9.10. The van der Waals surface area contributed by atoms with Crippen LogP contribution in [-0.4, -0.2) is 44.3 Å². The van der Waals surface area contributed by atoms with Gasteiger partial charge in [0.05, 0.1) is 10.6 Å². The third kappa shape index (κ3) is 8.30. The second-order valence-electron chi connectivity index (χ2n) is 9.28. The predicted molar refractivity (Wildman–Crippen MR) is 159 cm³/mol. The Bertz CT molecular complexity index is 1400. The summed E-state index contributed by atoms with van der Waals surface area (Å²) in [5.74, 6) is -0.828. The van der Waals surface area contributed by atoms with Crippen LogP contribution in [0.4, 0.5) is 5.69 Å². The molecule has 0 heterocycles. The Hall–Kier alpha value is -2.88. The molecule has 2 amide bonds. The lowest BCUT2D eigenvalue weighted by atomic mass is 10.1. The minimum absolute atomic E-state index is 0.0461. The van der Waals surface area contributed by atoms with Crippen molar-refractivity contribution in [2.45, 2.75) is 51.1 Å². The smallest absolute Gasteiger partial charge is 0.264 e. The summed E-state index contributed by atoms with van der Waals surface area (Å²) in [6.45, 7) is 5.63. The van der Waals surface area contributed by atoms with Crippen molar-refractivity contribution < 1.29 is 18.0 Å². The van der Waals surface area contributed by atoms with Crippen LogP contribution in [-0.2, 0) is 26.2 Å². The zero-order valence-electron chi connectivity index (χ0n) is 22.2. The average molecular weight is 635 g/mol. The fourth-order valence-electron chi connectivity index (χ4n) is 3.95. The van der Waals surface area contributed by atoms with E-state index >= 15 is 0 Å². The van der Waals surface area contributed by atoms with Gasteiger partial charge in [0.15, 0.2) is 0 Å². The average Bonchev–Trinajstić information content (AvgIpc) is 2.90. The summed E-state index contributed by atoms with van der Waals surface area (Å²) in [5.41, 5.74) is 1.95. The van der Waals surface area contributed by atoms with Gasteiger partial charge in [0.2, 0.25) is 11.8 Å². The molecule has 3 aromatic carbocycles. The quantitative estimate of drug-likeness (QED) is 0.250.